The van der Waals surface area contributed by atoms with Crippen LogP contribution in [0.3, 0.4) is 0 Å². The van der Waals surface area contributed by atoms with Crippen molar-refractivity contribution in [3.63, 3.8) is 0 Å². The molecule has 2 N–H and O–H groups in total. The van der Waals surface area contributed by atoms with E-state index in [1.807, 2.05) is 19.1 Å². The summed E-state index contributed by atoms with van der Waals surface area (Å²) in [5, 5.41) is 15.3. The number of hydrogen-bond donors (Lipinski definition) is 2. The molecule has 0 atom stereocenters. The van der Waals surface area contributed by atoms with E-state index in [-0.39, 0.29) is 5.57 Å². The minimum atomic E-state index is -0.579. The number of nitrogens with one attached hydrogen (secondary N) is 2. The third-order valence-corrected chi connectivity index (χ3v) is 3.39. The number of hydrogen-bond acceptors (Lipinski definition) is 4. The van der Waals surface area contributed by atoms with Gasteiger partial charge < -0.3 is 10.6 Å². The van der Waals surface area contributed by atoms with Gasteiger partial charge in [0.2, 0.25) is 0 Å². The molecule has 0 bridgehead atoms. The Balaban J connectivity index is 2.10. The number of pyridine rings is 1. The summed E-state index contributed by atoms with van der Waals surface area (Å²) in [4.78, 5) is 16.2. The van der Waals surface area contributed by atoms with Crippen LogP contribution in [-0.2, 0) is 4.79 Å². The molecule has 2 aromatic rings. The molecule has 0 unspecified atom stereocenters. The van der Waals surface area contributed by atoms with Crippen LogP contribution in [0.1, 0.15) is 5.69 Å². The maximum Gasteiger partial charge on any atom is 0.267 e. The maximum absolute atomic E-state index is 12.1. The predicted molar refractivity (Wildman–Crippen MR) is 91.4 cm³/mol. The second-order valence-electron chi connectivity index (χ2n) is 4.58. The number of carbonyl (C=O) groups excluding carboxylic acids is 1. The molecule has 1 heterocycles. The maximum atomic E-state index is 12.1. The molecule has 1 amide bonds. The van der Waals surface area contributed by atoms with Gasteiger partial charge in [-0.25, -0.2) is 0 Å². The molecular formula is C16H12Cl2N4O. The lowest BCUT2D eigenvalue weighted by molar-refractivity contribution is -0.112. The summed E-state index contributed by atoms with van der Waals surface area (Å²) < 4.78 is 0. The van der Waals surface area contributed by atoms with E-state index in [0.29, 0.717) is 21.4 Å². The van der Waals surface area contributed by atoms with Crippen LogP contribution in [0.5, 0.6) is 0 Å². The molecular weight excluding hydrogens is 335 g/mol. The Bertz CT molecular complexity index is 795. The summed E-state index contributed by atoms with van der Waals surface area (Å²) in [6, 6.07) is 10.1. The zero-order valence-corrected chi connectivity index (χ0v) is 13.6. The zero-order valence-electron chi connectivity index (χ0n) is 12.1. The van der Waals surface area contributed by atoms with Gasteiger partial charge in [-0.1, -0.05) is 23.2 Å². The second kappa shape index (κ2) is 7.63. The largest absolute Gasteiger partial charge is 0.359 e. The highest BCUT2D eigenvalue weighted by Crippen LogP contribution is 2.25. The number of anilines is 2. The highest BCUT2D eigenvalue weighted by molar-refractivity contribution is 6.36. The third kappa shape index (κ3) is 4.71. The van der Waals surface area contributed by atoms with Crippen molar-refractivity contribution in [3.8, 4) is 6.07 Å². The van der Waals surface area contributed by atoms with Crippen LogP contribution < -0.4 is 10.6 Å². The monoisotopic (exact) mass is 346 g/mol. The summed E-state index contributed by atoms with van der Waals surface area (Å²) in [6.45, 7) is 1.86. The van der Waals surface area contributed by atoms with Crippen LogP contribution in [-0.4, -0.2) is 10.9 Å². The van der Waals surface area contributed by atoms with Crippen molar-refractivity contribution in [1.29, 1.82) is 5.26 Å². The van der Waals surface area contributed by atoms with Crippen molar-refractivity contribution in [3.05, 3.63) is 64.0 Å². The van der Waals surface area contributed by atoms with Gasteiger partial charge in [0, 0.05) is 16.9 Å². The minimum Gasteiger partial charge on any atom is -0.359 e. The highest BCUT2D eigenvalue weighted by Gasteiger charge is 2.11. The van der Waals surface area contributed by atoms with Crippen molar-refractivity contribution < 1.29 is 4.79 Å². The Hall–Kier alpha value is -2.55. The molecule has 7 heteroatoms. The Morgan fingerprint density at radius 1 is 1.30 bits per heavy atom. The van der Waals surface area contributed by atoms with Gasteiger partial charge in [0.1, 0.15) is 11.6 Å². The first-order valence-electron chi connectivity index (χ1n) is 6.55. The Kier molecular flexibility index (Phi) is 5.58. The molecule has 0 fully saturated rings. The average molecular weight is 347 g/mol. The van der Waals surface area contributed by atoms with Crippen LogP contribution in [0.2, 0.25) is 10.0 Å². The number of benzene rings is 1. The Morgan fingerprint density at radius 3 is 2.70 bits per heavy atom. The summed E-state index contributed by atoms with van der Waals surface area (Å²) >= 11 is 11.8. The number of halogens is 2. The number of nitrogens with zero attached hydrogens (tertiary/aromatic N) is 2. The first-order chi connectivity index (χ1) is 11.0. The molecule has 0 saturated carbocycles. The van der Waals surface area contributed by atoms with Crippen molar-refractivity contribution >= 4 is 40.5 Å². The first-order valence-corrected chi connectivity index (χ1v) is 7.31. The van der Waals surface area contributed by atoms with Crippen LogP contribution in [0.4, 0.5) is 11.4 Å². The standard InChI is InChI=1S/C16H12Cl2N4O/c1-10-2-4-13(9-20-10)21-8-11(7-19)16(23)22-15-5-3-12(17)6-14(15)18/h2-6,8-9,21H,1H3,(H,22,23)/b11-8-. The molecule has 0 aliphatic rings. The summed E-state index contributed by atoms with van der Waals surface area (Å²) in [5.74, 6) is -0.579. The number of nitriles is 1. The topological polar surface area (TPSA) is 77.8 Å². The lowest BCUT2D eigenvalue weighted by atomic mass is 10.2. The Labute approximate surface area is 143 Å². The van der Waals surface area contributed by atoms with E-state index in [1.165, 1.54) is 12.3 Å². The fraction of sp³-hybridized carbons (Fsp3) is 0.0625. The van der Waals surface area contributed by atoms with Gasteiger partial charge >= 0.3 is 0 Å². The lowest BCUT2D eigenvalue weighted by Gasteiger charge is -2.07. The van der Waals surface area contributed by atoms with Gasteiger partial charge in [0.15, 0.2) is 0 Å². The van der Waals surface area contributed by atoms with Crippen molar-refractivity contribution in [1.82, 2.24) is 4.98 Å². The molecule has 23 heavy (non-hydrogen) atoms. The van der Waals surface area contributed by atoms with Crippen molar-refractivity contribution in [2.24, 2.45) is 0 Å². The van der Waals surface area contributed by atoms with E-state index in [4.69, 9.17) is 28.5 Å². The molecule has 0 saturated heterocycles. The molecule has 1 aromatic carbocycles. The zero-order chi connectivity index (χ0) is 16.8. The van der Waals surface area contributed by atoms with Crippen LogP contribution >= 0.6 is 23.2 Å². The van der Waals surface area contributed by atoms with Gasteiger partial charge in [-0.15, -0.1) is 0 Å². The van der Waals surface area contributed by atoms with Crippen LogP contribution in [0, 0.1) is 18.3 Å². The molecule has 0 aliphatic heterocycles. The normalized spacial score (nSPS) is 10.8. The SMILES string of the molecule is Cc1ccc(N/C=C(/C#N)C(=O)Nc2ccc(Cl)cc2Cl)cn1. The lowest BCUT2D eigenvalue weighted by Crippen LogP contribution is -2.14. The number of aryl methyl sites for hydroxylation is 1. The van der Waals surface area contributed by atoms with E-state index in [2.05, 4.69) is 15.6 Å². The third-order valence-electron chi connectivity index (χ3n) is 2.84. The predicted octanol–water partition coefficient (Wildman–Crippen LogP) is 4.15. The van der Waals surface area contributed by atoms with Crippen molar-refractivity contribution in [2.75, 3.05) is 10.6 Å². The first kappa shape index (κ1) is 16.8. The molecule has 0 spiro atoms. The summed E-state index contributed by atoms with van der Waals surface area (Å²) in [5.41, 5.74) is 1.81. The Morgan fingerprint density at radius 2 is 2.09 bits per heavy atom. The van der Waals surface area contributed by atoms with Crippen molar-refractivity contribution in [2.45, 2.75) is 6.92 Å². The molecule has 1 aromatic heterocycles. The van der Waals surface area contributed by atoms with E-state index in [9.17, 15) is 4.79 Å². The van der Waals surface area contributed by atoms with Gasteiger partial charge in [-0.05, 0) is 37.3 Å². The number of aromatic nitrogens is 1. The molecule has 2 rings (SSSR count). The fourth-order valence-electron chi connectivity index (χ4n) is 1.64. The van der Waals surface area contributed by atoms with E-state index < -0.39 is 5.91 Å². The van der Waals surface area contributed by atoms with Gasteiger partial charge in [0.05, 0.1) is 22.6 Å². The number of rotatable bonds is 4. The smallest absolute Gasteiger partial charge is 0.267 e. The molecule has 5 nitrogen and oxygen atoms in total. The average Bonchev–Trinajstić information content (AvgIpc) is 2.52. The van der Waals surface area contributed by atoms with E-state index in [1.54, 1.807) is 24.4 Å². The van der Waals surface area contributed by atoms with Crippen LogP contribution in [0.25, 0.3) is 0 Å². The number of amides is 1. The second-order valence-corrected chi connectivity index (χ2v) is 5.42. The summed E-state index contributed by atoms with van der Waals surface area (Å²) in [6.07, 6.45) is 2.92. The van der Waals surface area contributed by atoms with E-state index >= 15 is 0 Å². The fourth-order valence-corrected chi connectivity index (χ4v) is 2.09. The quantitative estimate of drug-likeness (QED) is 0.643. The minimum absolute atomic E-state index is 0.100. The molecule has 0 aliphatic carbocycles. The highest BCUT2D eigenvalue weighted by atomic mass is 35.5. The van der Waals surface area contributed by atoms with Gasteiger partial charge in [-0.3, -0.25) is 9.78 Å². The molecule has 116 valence electrons. The summed E-state index contributed by atoms with van der Waals surface area (Å²) in [7, 11) is 0. The van der Waals surface area contributed by atoms with Gasteiger partial charge in [0.25, 0.3) is 5.91 Å². The van der Waals surface area contributed by atoms with Gasteiger partial charge in [-0.2, -0.15) is 5.26 Å². The number of carbonyl (C=O) groups is 1. The van der Waals surface area contributed by atoms with E-state index in [0.717, 1.165) is 5.69 Å². The van der Waals surface area contributed by atoms with Crippen LogP contribution in [0.15, 0.2) is 48.3 Å². The molecule has 0 radical (unpaired) electrons.